The first-order valence-corrected chi connectivity index (χ1v) is 9.68. The molecule has 9 heteroatoms. The molecule has 0 bridgehead atoms. The molecule has 1 heterocycles. The van der Waals surface area contributed by atoms with E-state index in [9.17, 15) is 14.4 Å². The van der Waals surface area contributed by atoms with Crippen LogP contribution in [0, 0.1) is 0 Å². The molecule has 1 aromatic carbocycles. The largest absolute Gasteiger partial charge is 0.497 e. The Morgan fingerprint density at radius 1 is 1.28 bits per heavy atom. The van der Waals surface area contributed by atoms with Crippen molar-refractivity contribution in [3.05, 3.63) is 18.2 Å². The molecule has 2 rings (SSSR count). The van der Waals surface area contributed by atoms with Crippen LogP contribution in [0.2, 0.25) is 0 Å². The molecule has 2 amide bonds. The fourth-order valence-electron chi connectivity index (χ4n) is 2.99. The zero-order chi connectivity index (χ0) is 21.2. The van der Waals surface area contributed by atoms with Gasteiger partial charge in [-0.2, -0.15) is 0 Å². The Balaban J connectivity index is 2.01. The highest BCUT2D eigenvalue weighted by atomic mass is 16.5. The van der Waals surface area contributed by atoms with E-state index in [1.807, 2.05) is 6.92 Å². The molecule has 1 aliphatic heterocycles. The van der Waals surface area contributed by atoms with Gasteiger partial charge in [0.1, 0.15) is 17.5 Å². The fraction of sp³-hybridized carbons (Fsp3) is 0.550. The number of carbonyl (C=O) groups is 3. The zero-order valence-corrected chi connectivity index (χ0v) is 17.2. The van der Waals surface area contributed by atoms with Crippen molar-refractivity contribution in [2.75, 3.05) is 45.8 Å². The van der Waals surface area contributed by atoms with Gasteiger partial charge < -0.3 is 29.7 Å². The van der Waals surface area contributed by atoms with Crippen LogP contribution in [0.15, 0.2) is 18.2 Å². The summed E-state index contributed by atoms with van der Waals surface area (Å²) in [6, 6.07) is 4.33. The van der Waals surface area contributed by atoms with Gasteiger partial charge in [-0.05, 0) is 18.6 Å². The topological polar surface area (TPSA) is 106 Å². The van der Waals surface area contributed by atoms with Gasteiger partial charge in [-0.3, -0.25) is 14.4 Å². The van der Waals surface area contributed by atoms with Gasteiger partial charge in [-0.15, -0.1) is 0 Å². The number of nitrogens with one attached hydrogen (secondary N) is 2. The number of unbranched alkanes of at least 4 members (excludes halogenated alkanes) is 1. The number of piperazine rings is 1. The van der Waals surface area contributed by atoms with Crippen molar-refractivity contribution in [2.24, 2.45) is 0 Å². The van der Waals surface area contributed by atoms with Crippen molar-refractivity contribution in [1.29, 1.82) is 0 Å². The van der Waals surface area contributed by atoms with Gasteiger partial charge in [0.25, 0.3) is 0 Å². The lowest BCUT2D eigenvalue weighted by molar-refractivity contribution is -0.151. The van der Waals surface area contributed by atoms with Gasteiger partial charge >= 0.3 is 5.97 Å². The molecule has 29 heavy (non-hydrogen) atoms. The van der Waals surface area contributed by atoms with Gasteiger partial charge in [0.05, 0.1) is 39.5 Å². The molecule has 1 atom stereocenters. The smallest absolute Gasteiger partial charge is 0.308 e. The second-order valence-corrected chi connectivity index (χ2v) is 6.59. The van der Waals surface area contributed by atoms with E-state index in [0.29, 0.717) is 36.9 Å². The van der Waals surface area contributed by atoms with E-state index in [-0.39, 0.29) is 24.8 Å². The maximum Gasteiger partial charge on any atom is 0.308 e. The predicted molar refractivity (Wildman–Crippen MR) is 107 cm³/mol. The summed E-state index contributed by atoms with van der Waals surface area (Å²) in [4.78, 5) is 38.5. The van der Waals surface area contributed by atoms with Crippen LogP contribution in [0.5, 0.6) is 11.5 Å². The van der Waals surface area contributed by atoms with Crippen LogP contribution >= 0.6 is 0 Å². The second kappa shape index (κ2) is 11.1. The van der Waals surface area contributed by atoms with Crippen molar-refractivity contribution < 1.29 is 28.6 Å². The molecular weight excluding hydrogens is 378 g/mol. The summed E-state index contributed by atoms with van der Waals surface area (Å²) in [6.07, 6.45) is 1.50. The monoisotopic (exact) mass is 407 g/mol. The molecule has 1 aromatic rings. The molecule has 0 aromatic heterocycles. The highest BCUT2D eigenvalue weighted by Gasteiger charge is 2.35. The van der Waals surface area contributed by atoms with E-state index in [1.54, 1.807) is 25.3 Å². The molecule has 0 aliphatic carbocycles. The number of hydrogen-bond donors (Lipinski definition) is 2. The van der Waals surface area contributed by atoms with Crippen molar-refractivity contribution in [3.8, 4) is 11.5 Å². The summed E-state index contributed by atoms with van der Waals surface area (Å²) in [5.41, 5.74) is 0.595. The quantitative estimate of drug-likeness (QED) is 0.443. The first-order valence-electron chi connectivity index (χ1n) is 9.68. The lowest BCUT2D eigenvalue weighted by atomic mass is 10.1. The van der Waals surface area contributed by atoms with E-state index < -0.39 is 12.0 Å². The Bertz CT molecular complexity index is 724. The summed E-state index contributed by atoms with van der Waals surface area (Å²) < 4.78 is 15.6. The maximum atomic E-state index is 12.8. The van der Waals surface area contributed by atoms with E-state index >= 15 is 0 Å². The number of rotatable bonds is 10. The molecule has 9 nitrogen and oxygen atoms in total. The third kappa shape index (κ3) is 6.27. The number of ether oxygens (including phenoxy) is 3. The minimum atomic E-state index is -0.876. The standard InChI is InChI=1S/C20H29N3O6/c1-4-5-10-29-19(25)12-16-20(26)21-8-9-23(16)18(24)13-22-15-11-14(27-2)6-7-17(15)28-3/h6-7,11,16,22H,4-5,8-10,12-13H2,1-3H3,(H,21,26). The van der Waals surface area contributed by atoms with Crippen molar-refractivity contribution >= 4 is 23.5 Å². The van der Waals surface area contributed by atoms with Crippen molar-refractivity contribution in [3.63, 3.8) is 0 Å². The SMILES string of the molecule is CCCCOC(=O)CC1C(=O)NCCN1C(=O)CNc1cc(OC)ccc1OC. The van der Waals surface area contributed by atoms with E-state index in [4.69, 9.17) is 14.2 Å². The number of amides is 2. The number of carbonyl (C=O) groups excluding carboxylic acids is 3. The van der Waals surface area contributed by atoms with Gasteiger partial charge in [0, 0.05) is 19.2 Å². The maximum absolute atomic E-state index is 12.8. The minimum Gasteiger partial charge on any atom is -0.497 e. The number of anilines is 1. The van der Waals surface area contributed by atoms with Gasteiger partial charge in [-0.1, -0.05) is 13.3 Å². The van der Waals surface area contributed by atoms with Crippen LogP contribution in [0.1, 0.15) is 26.2 Å². The highest BCUT2D eigenvalue weighted by molar-refractivity contribution is 5.93. The van der Waals surface area contributed by atoms with Crippen LogP contribution in [0.3, 0.4) is 0 Å². The Morgan fingerprint density at radius 2 is 2.07 bits per heavy atom. The van der Waals surface area contributed by atoms with Crippen LogP contribution in [0.4, 0.5) is 5.69 Å². The second-order valence-electron chi connectivity index (χ2n) is 6.59. The van der Waals surface area contributed by atoms with Crippen LogP contribution < -0.4 is 20.1 Å². The van der Waals surface area contributed by atoms with Crippen LogP contribution in [0.25, 0.3) is 0 Å². The summed E-state index contributed by atoms with van der Waals surface area (Å²) >= 11 is 0. The minimum absolute atomic E-state index is 0.0574. The molecule has 0 saturated carbocycles. The van der Waals surface area contributed by atoms with Gasteiger partial charge in [0.15, 0.2) is 0 Å². The first kappa shape index (κ1) is 22.3. The number of methoxy groups -OCH3 is 2. The Morgan fingerprint density at radius 3 is 2.76 bits per heavy atom. The molecule has 2 N–H and O–H groups in total. The number of benzene rings is 1. The molecule has 0 spiro atoms. The van der Waals surface area contributed by atoms with E-state index in [0.717, 1.165) is 12.8 Å². The summed E-state index contributed by atoms with van der Waals surface area (Å²) in [5.74, 6) is 0.0460. The first-order chi connectivity index (χ1) is 14.0. The molecule has 1 unspecified atom stereocenters. The molecule has 160 valence electrons. The number of esters is 1. The molecule has 0 radical (unpaired) electrons. The molecular formula is C20H29N3O6. The zero-order valence-electron chi connectivity index (χ0n) is 17.2. The Hall–Kier alpha value is -2.97. The fourth-order valence-corrected chi connectivity index (χ4v) is 2.99. The summed E-state index contributed by atoms with van der Waals surface area (Å²) in [6.45, 7) is 2.92. The molecule has 1 fully saturated rings. The predicted octanol–water partition coefficient (Wildman–Crippen LogP) is 1.18. The average molecular weight is 407 g/mol. The van der Waals surface area contributed by atoms with E-state index in [2.05, 4.69) is 10.6 Å². The lowest BCUT2D eigenvalue weighted by Crippen LogP contribution is -2.58. The number of nitrogens with zero attached hydrogens (tertiary/aromatic N) is 1. The molecule has 1 aliphatic rings. The highest BCUT2D eigenvalue weighted by Crippen LogP contribution is 2.28. The Labute approximate surface area is 170 Å². The normalized spacial score (nSPS) is 16.0. The third-order valence-corrected chi connectivity index (χ3v) is 4.61. The van der Waals surface area contributed by atoms with Gasteiger partial charge in [0.2, 0.25) is 11.8 Å². The third-order valence-electron chi connectivity index (χ3n) is 4.61. The van der Waals surface area contributed by atoms with Crippen molar-refractivity contribution in [1.82, 2.24) is 10.2 Å². The number of hydrogen-bond acceptors (Lipinski definition) is 7. The van der Waals surface area contributed by atoms with Crippen LogP contribution in [-0.4, -0.2) is 69.2 Å². The summed E-state index contributed by atoms with van der Waals surface area (Å²) in [5, 5.41) is 5.72. The van der Waals surface area contributed by atoms with Crippen molar-refractivity contribution in [2.45, 2.75) is 32.2 Å². The van der Waals surface area contributed by atoms with Crippen LogP contribution in [-0.2, 0) is 19.1 Å². The molecule has 1 saturated heterocycles. The lowest BCUT2D eigenvalue weighted by Gasteiger charge is -2.34. The van der Waals surface area contributed by atoms with Gasteiger partial charge in [-0.25, -0.2) is 0 Å². The average Bonchev–Trinajstić information content (AvgIpc) is 2.73. The summed E-state index contributed by atoms with van der Waals surface area (Å²) in [7, 11) is 3.08. The van der Waals surface area contributed by atoms with E-state index in [1.165, 1.54) is 12.0 Å². The Kier molecular flexibility index (Phi) is 8.57.